The highest BCUT2D eigenvalue weighted by Crippen LogP contribution is 2.34. The number of hydrogen-bond donors (Lipinski definition) is 0. The van der Waals surface area contributed by atoms with Crippen LogP contribution in [0.15, 0.2) is 12.1 Å². The maximum Gasteiger partial charge on any atom is 0.513 e. The highest BCUT2D eigenvalue weighted by Gasteiger charge is 2.28. The SMILES string of the molecule is CCc1nc2c(F)ccc(F)c2c(OC(=O)OCCC(F)(F)F)c1C. The zero-order valence-electron chi connectivity index (χ0n) is 13.3. The number of ether oxygens (including phenoxy) is 2. The second-order valence-corrected chi connectivity index (χ2v) is 5.18. The minimum Gasteiger partial charge on any atom is -0.434 e. The minimum atomic E-state index is -4.50. The van der Waals surface area contributed by atoms with Crippen LogP contribution in [-0.2, 0) is 11.2 Å². The van der Waals surface area contributed by atoms with Crippen LogP contribution in [0.5, 0.6) is 5.75 Å². The van der Waals surface area contributed by atoms with Gasteiger partial charge in [0.25, 0.3) is 0 Å². The molecule has 0 saturated heterocycles. The number of alkyl halides is 3. The van der Waals surface area contributed by atoms with E-state index in [0.29, 0.717) is 12.1 Å². The average Bonchev–Trinajstić information content (AvgIpc) is 2.51. The molecule has 0 atom stereocenters. The Bertz CT molecular complexity index is 805. The Labute approximate surface area is 139 Å². The largest absolute Gasteiger partial charge is 0.513 e. The number of benzene rings is 1. The van der Waals surface area contributed by atoms with Crippen molar-refractivity contribution in [1.82, 2.24) is 4.98 Å². The van der Waals surface area contributed by atoms with Crippen LogP contribution in [0.1, 0.15) is 24.6 Å². The molecular weight excluding hydrogens is 349 g/mol. The number of carbonyl (C=O) groups excluding carboxylic acids is 1. The van der Waals surface area contributed by atoms with E-state index in [1.165, 1.54) is 6.92 Å². The monoisotopic (exact) mass is 363 g/mol. The van der Waals surface area contributed by atoms with Crippen molar-refractivity contribution in [2.75, 3.05) is 6.61 Å². The second-order valence-electron chi connectivity index (χ2n) is 5.18. The summed E-state index contributed by atoms with van der Waals surface area (Å²) in [7, 11) is 0. The molecule has 9 heteroatoms. The third-order valence-corrected chi connectivity index (χ3v) is 3.45. The molecule has 0 amide bonds. The van der Waals surface area contributed by atoms with Crippen molar-refractivity contribution in [2.45, 2.75) is 32.9 Å². The summed E-state index contributed by atoms with van der Waals surface area (Å²) < 4.78 is 73.5. The number of aromatic nitrogens is 1. The Hall–Kier alpha value is -2.45. The average molecular weight is 363 g/mol. The molecule has 0 aliphatic heterocycles. The Morgan fingerprint density at radius 2 is 1.84 bits per heavy atom. The van der Waals surface area contributed by atoms with Crippen molar-refractivity contribution in [1.29, 1.82) is 0 Å². The minimum absolute atomic E-state index is 0.271. The summed E-state index contributed by atoms with van der Waals surface area (Å²) in [6.45, 7) is 2.25. The Morgan fingerprint density at radius 3 is 2.44 bits per heavy atom. The van der Waals surface area contributed by atoms with E-state index in [4.69, 9.17) is 4.74 Å². The Morgan fingerprint density at radius 1 is 1.20 bits per heavy atom. The third-order valence-electron chi connectivity index (χ3n) is 3.45. The number of aryl methyl sites for hydroxylation is 1. The van der Waals surface area contributed by atoms with E-state index >= 15 is 0 Å². The smallest absolute Gasteiger partial charge is 0.434 e. The molecule has 0 bridgehead atoms. The number of pyridine rings is 1. The van der Waals surface area contributed by atoms with Crippen LogP contribution in [0.3, 0.4) is 0 Å². The molecule has 0 unspecified atom stereocenters. The zero-order chi connectivity index (χ0) is 18.8. The summed E-state index contributed by atoms with van der Waals surface area (Å²) in [4.78, 5) is 15.7. The molecule has 0 radical (unpaired) electrons. The van der Waals surface area contributed by atoms with Gasteiger partial charge in [-0.15, -0.1) is 0 Å². The van der Waals surface area contributed by atoms with Gasteiger partial charge in [-0.25, -0.2) is 18.6 Å². The lowest BCUT2D eigenvalue weighted by atomic mass is 10.1. The maximum absolute atomic E-state index is 14.1. The maximum atomic E-state index is 14.1. The standard InChI is InChI=1S/C16H14F5NO3/c1-3-11-8(2)14(25-15(23)24-7-6-16(19,20)21)12-9(17)4-5-10(18)13(12)22-11/h4-5H,3,6-7H2,1-2H3. The second kappa shape index (κ2) is 7.20. The van der Waals surface area contributed by atoms with E-state index in [2.05, 4.69) is 9.72 Å². The molecule has 4 nitrogen and oxygen atoms in total. The summed E-state index contributed by atoms with van der Waals surface area (Å²) in [5.74, 6) is -2.02. The molecule has 1 aromatic carbocycles. The molecule has 0 aliphatic rings. The number of fused-ring (bicyclic) bond motifs is 1. The van der Waals surface area contributed by atoms with E-state index in [-0.39, 0.29) is 22.2 Å². The number of nitrogens with zero attached hydrogens (tertiary/aromatic N) is 1. The molecule has 1 aromatic heterocycles. The molecular formula is C16H14F5NO3. The first-order valence-corrected chi connectivity index (χ1v) is 7.32. The Balaban J connectivity index is 2.37. The molecule has 0 N–H and O–H groups in total. The van der Waals surface area contributed by atoms with E-state index in [1.807, 2.05) is 0 Å². The third kappa shape index (κ3) is 4.34. The van der Waals surface area contributed by atoms with E-state index in [0.717, 1.165) is 12.1 Å². The summed E-state index contributed by atoms with van der Waals surface area (Å²) >= 11 is 0. The van der Waals surface area contributed by atoms with Crippen molar-refractivity contribution < 1.29 is 36.2 Å². The lowest BCUT2D eigenvalue weighted by Gasteiger charge is -2.14. The van der Waals surface area contributed by atoms with Gasteiger partial charge in [0.1, 0.15) is 23.8 Å². The van der Waals surface area contributed by atoms with Gasteiger partial charge in [0.05, 0.1) is 11.8 Å². The van der Waals surface area contributed by atoms with Crippen LogP contribution < -0.4 is 4.74 Å². The van der Waals surface area contributed by atoms with Gasteiger partial charge in [-0.05, 0) is 25.5 Å². The van der Waals surface area contributed by atoms with Crippen molar-refractivity contribution in [2.24, 2.45) is 0 Å². The summed E-state index contributed by atoms with van der Waals surface area (Å²) in [5.41, 5.74) is 0.294. The highest BCUT2D eigenvalue weighted by atomic mass is 19.4. The predicted octanol–water partition coefficient (Wildman–Crippen LogP) is 4.85. The first-order valence-electron chi connectivity index (χ1n) is 7.32. The van der Waals surface area contributed by atoms with Crippen LogP contribution in [0.4, 0.5) is 26.7 Å². The fourth-order valence-electron chi connectivity index (χ4n) is 2.24. The summed E-state index contributed by atoms with van der Waals surface area (Å²) in [6, 6.07) is 1.72. The molecule has 0 saturated carbocycles. The van der Waals surface area contributed by atoms with Crippen molar-refractivity contribution in [3.8, 4) is 5.75 Å². The normalized spacial score (nSPS) is 11.6. The van der Waals surface area contributed by atoms with Crippen LogP contribution in [0.25, 0.3) is 10.9 Å². The van der Waals surface area contributed by atoms with Crippen LogP contribution in [0, 0.1) is 18.6 Å². The van der Waals surface area contributed by atoms with Gasteiger partial charge in [-0.3, -0.25) is 0 Å². The molecule has 136 valence electrons. The highest BCUT2D eigenvalue weighted by molar-refractivity contribution is 5.89. The van der Waals surface area contributed by atoms with Crippen molar-refractivity contribution in [3.63, 3.8) is 0 Å². The number of halogens is 5. The zero-order valence-corrected chi connectivity index (χ0v) is 13.3. The lowest BCUT2D eigenvalue weighted by molar-refractivity contribution is -0.141. The predicted molar refractivity (Wildman–Crippen MR) is 78.4 cm³/mol. The van der Waals surface area contributed by atoms with Crippen molar-refractivity contribution in [3.05, 3.63) is 35.0 Å². The van der Waals surface area contributed by atoms with Gasteiger partial charge in [-0.2, -0.15) is 13.2 Å². The molecule has 0 fully saturated rings. The molecule has 0 spiro atoms. The first kappa shape index (κ1) is 18.9. The van der Waals surface area contributed by atoms with Gasteiger partial charge in [0.2, 0.25) is 0 Å². The van der Waals surface area contributed by atoms with E-state index in [1.54, 1.807) is 6.92 Å². The summed E-state index contributed by atoms with van der Waals surface area (Å²) in [5, 5.41) is -0.373. The van der Waals surface area contributed by atoms with Gasteiger partial charge in [0, 0.05) is 11.3 Å². The molecule has 0 aliphatic carbocycles. The van der Waals surface area contributed by atoms with Gasteiger partial charge >= 0.3 is 12.3 Å². The van der Waals surface area contributed by atoms with Crippen LogP contribution in [0.2, 0.25) is 0 Å². The van der Waals surface area contributed by atoms with Gasteiger partial charge in [0.15, 0.2) is 5.75 Å². The number of rotatable bonds is 4. The van der Waals surface area contributed by atoms with Gasteiger partial charge < -0.3 is 9.47 Å². The first-order chi connectivity index (χ1) is 11.6. The fraction of sp³-hybridized carbons (Fsp3) is 0.375. The summed E-state index contributed by atoms with van der Waals surface area (Å²) in [6.07, 6.45) is -6.94. The van der Waals surface area contributed by atoms with Crippen LogP contribution in [-0.4, -0.2) is 23.9 Å². The number of hydrogen-bond acceptors (Lipinski definition) is 4. The Kier molecular flexibility index (Phi) is 5.44. The molecule has 2 aromatic rings. The molecule has 25 heavy (non-hydrogen) atoms. The van der Waals surface area contributed by atoms with E-state index < -0.39 is 37.0 Å². The van der Waals surface area contributed by atoms with Crippen molar-refractivity contribution >= 4 is 17.1 Å². The topological polar surface area (TPSA) is 48.4 Å². The number of carbonyl (C=O) groups is 1. The van der Waals surface area contributed by atoms with Gasteiger partial charge in [-0.1, -0.05) is 6.92 Å². The van der Waals surface area contributed by atoms with E-state index in [9.17, 15) is 26.7 Å². The molecule has 1 heterocycles. The van der Waals surface area contributed by atoms with Crippen LogP contribution >= 0.6 is 0 Å². The lowest BCUT2D eigenvalue weighted by Crippen LogP contribution is -2.18. The molecule has 2 rings (SSSR count). The quantitative estimate of drug-likeness (QED) is 0.575. The fourth-order valence-corrected chi connectivity index (χ4v) is 2.24.